The second kappa shape index (κ2) is 6.15. The fourth-order valence-corrected chi connectivity index (χ4v) is 2.99. The molecule has 1 saturated heterocycles. The fourth-order valence-electron chi connectivity index (χ4n) is 2.79. The van der Waals surface area contributed by atoms with E-state index < -0.39 is 0 Å². The van der Waals surface area contributed by atoms with Gasteiger partial charge in [-0.1, -0.05) is 29.8 Å². The molecule has 1 N–H and O–H groups in total. The number of likely N-dealkylation sites (tertiary alicyclic amines) is 1. The third kappa shape index (κ3) is 3.33. The summed E-state index contributed by atoms with van der Waals surface area (Å²) in [6.45, 7) is 2.60. The molecule has 1 aliphatic carbocycles. The molecular weight excluding hydrogens is 272 g/mol. The van der Waals surface area contributed by atoms with Crippen LogP contribution in [0.2, 0.25) is 5.02 Å². The molecule has 1 heterocycles. The van der Waals surface area contributed by atoms with Crippen molar-refractivity contribution in [2.75, 3.05) is 13.1 Å². The van der Waals surface area contributed by atoms with E-state index in [1.807, 2.05) is 23.1 Å². The number of hydrogen-bond acceptors (Lipinski definition) is 2. The first kappa shape index (κ1) is 13.9. The van der Waals surface area contributed by atoms with Crippen LogP contribution < -0.4 is 5.32 Å². The van der Waals surface area contributed by atoms with Crippen LogP contribution in [0.25, 0.3) is 0 Å². The van der Waals surface area contributed by atoms with Crippen LogP contribution in [0.4, 0.5) is 0 Å². The molecule has 0 atom stereocenters. The molecule has 20 heavy (non-hydrogen) atoms. The maximum atomic E-state index is 12.0. The van der Waals surface area contributed by atoms with Gasteiger partial charge in [0.1, 0.15) is 0 Å². The quantitative estimate of drug-likeness (QED) is 0.925. The maximum Gasteiger partial charge on any atom is 0.225 e. The highest BCUT2D eigenvalue weighted by Crippen LogP contribution is 2.31. The first-order valence-electron chi connectivity index (χ1n) is 7.49. The molecule has 0 unspecified atom stereocenters. The molecule has 0 spiro atoms. The summed E-state index contributed by atoms with van der Waals surface area (Å²) in [5.74, 6) is 0.734. The number of nitrogens with one attached hydrogen (secondary N) is 1. The highest BCUT2D eigenvalue weighted by atomic mass is 35.5. The van der Waals surface area contributed by atoms with E-state index in [0.29, 0.717) is 17.9 Å². The molecule has 4 heteroatoms. The molecule has 3 rings (SSSR count). The van der Waals surface area contributed by atoms with Gasteiger partial charge in [0, 0.05) is 36.6 Å². The van der Waals surface area contributed by atoms with E-state index in [4.69, 9.17) is 11.6 Å². The summed E-state index contributed by atoms with van der Waals surface area (Å²) in [6, 6.07) is 8.44. The number of hydrogen-bond donors (Lipinski definition) is 1. The van der Waals surface area contributed by atoms with Gasteiger partial charge in [-0.3, -0.25) is 4.79 Å². The van der Waals surface area contributed by atoms with Crippen molar-refractivity contribution in [1.29, 1.82) is 0 Å². The van der Waals surface area contributed by atoms with Gasteiger partial charge in [-0.2, -0.15) is 0 Å². The summed E-state index contributed by atoms with van der Waals surface area (Å²) in [5, 5.41) is 4.38. The molecule has 2 aliphatic rings. The summed E-state index contributed by atoms with van der Waals surface area (Å²) < 4.78 is 0. The summed E-state index contributed by atoms with van der Waals surface area (Å²) in [6.07, 6.45) is 4.29. The molecule has 0 bridgehead atoms. The van der Waals surface area contributed by atoms with Crippen LogP contribution in [-0.4, -0.2) is 29.9 Å². The number of carbonyl (C=O) groups is 1. The summed E-state index contributed by atoms with van der Waals surface area (Å²) in [7, 11) is 0. The number of piperidine rings is 1. The minimum atomic E-state index is 0.350. The van der Waals surface area contributed by atoms with Crippen LogP contribution >= 0.6 is 11.6 Å². The standard InChI is InChI=1S/C16H21ClN2O/c17-15-4-2-1-3-13(15)11-18-14-7-9-19(10-8-14)16(20)12-5-6-12/h1-4,12,14,18H,5-11H2. The third-order valence-electron chi connectivity index (χ3n) is 4.27. The first-order valence-corrected chi connectivity index (χ1v) is 7.87. The van der Waals surface area contributed by atoms with E-state index >= 15 is 0 Å². The zero-order valence-corrected chi connectivity index (χ0v) is 12.4. The summed E-state index contributed by atoms with van der Waals surface area (Å²) in [5.41, 5.74) is 1.14. The van der Waals surface area contributed by atoms with E-state index in [1.165, 1.54) is 0 Å². The van der Waals surface area contributed by atoms with Crippen LogP contribution in [0.3, 0.4) is 0 Å². The van der Waals surface area contributed by atoms with Crippen molar-refractivity contribution in [3.63, 3.8) is 0 Å². The SMILES string of the molecule is O=C(C1CC1)N1CCC(NCc2ccccc2Cl)CC1. The lowest BCUT2D eigenvalue weighted by atomic mass is 10.0. The van der Waals surface area contributed by atoms with Crippen molar-refractivity contribution in [2.45, 2.75) is 38.3 Å². The molecule has 1 aromatic rings. The third-order valence-corrected chi connectivity index (χ3v) is 4.64. The molecule has 0 aromatic heterocycles. The molecule has 3 nitrogen and oxygen atoms in total. The molecule has 0 radical (unpaired) electrons. The van der Waals surface area contributed by atoms with Crippen LogP contribution in [0.5, 0.6) is 0 Å². The molecule has 1 aromatic carbocycles. The molecular formula is C16H21ClN2O. The minimum Gasteiger partial charge on any atom is -0.342 e. The van der Waals surface area contributed by atoms with Gasteiger partial charge in [0.2, 0.25) is 5.91 Å². The maximum absolute atomic E-state index is 12.0. The molecule has 1 aliphatic heterocycles. The smallest absolute Gasteiger partial charge is 0.225 e. The average molecular weight is 293 g/mol. The van der Waals surface area contributed by atoms with Crippen molar-refractivity contribution >= 4 is 17.5 Å². The van der Waals surface area contributed by atoms with E-state index in [9.17, 15) is 4.79 Å². The molecule has 1 saturated carbocycles. The van der Waals surface area contributed by atoms with Crippen molar-refractivity contribution in [2.24, 2.45) is 5.92 Å². The Bertz CT molecular complexity index is 479. The lowest BCUT2D eigenvalue weighted by Crippen LogP contribution is -2.45. The molecule has 2 fully saturated rings. The topological polar surface area (TPSA) is 32.3 Å². The number of rotatable bonds is 4. The molecule has 1 amide bonds. The predicted molar refractivity (Wildman–Crippen MR) is 80.6 cm³/mol. The Morgan fingerprint density at radius 1 is 1.20 bits per heavy atom. The number of benzene rings is 1. The Balaban J connectivity index is 1.44. The van der Waals surface area contributed by atoms with E-state index in [-0.39, 0.29) is 0 Å². The van der Waals surface area contributed by atoms with Gasteiger partial charge >= 0.3 is 0 Å². The Labute approximate surface area is 125 Å². The van der Waals surface area contributed by atoms with E-state index in [2.05, 4.69) is 11.4 Å². The minimum absolute atomic E-state index is 0.350. The normalized spacial score (nSPS) is 20.1. The van der Waals surface area contributed by atoms with Gasteiger partial charge in [0.05, 0.1) is 0 Å². The highest BCUT2D eigenvalue weighted by molar-refractivity contribution is 6.31. The Morgan fingerprint density at radius 3 is 2.55 bits per heavy atom. The zero-order chi connectivity index (χ0) is 13.9. The number of halogens is 1. The second-order valence-electron chi connectivity index (χ2n) is 5.85. The largest absolute Gasteiger partial charge is 0.342 e. The summed E-state index contributed by atoms with van der Waals surface area (Å²) >= 11 is 6.16. The lowest BCUT2D eigenvalue weighted by molar-refractivity contribution is -0.133. The van der Waals surface area contributed by atoms with Crippen molar-refractivity contribution in [1.82, 2.24) is 10.2 Å². The van der Waals surface area contributed by atoms with Crippen molar-refractivity contribution < 1.29 is 4.79 Å². The van der Waals surface area contributed by atoms with Gasteiger partial charge in [0.15, 0.2) is 0 Å². The van der Waals surface area contributed by atoms with Gasteiger partial charge in [-0.15, -0.1) is 0 Å². The van der Waals surface area contributed by atoms with Gasteiger partial charge in [-0.25, -0.2) is 0 Å². The highest BCUT2D eigenvalue weighted by Gasteiger charge is 2.34. The number of amides is 1. The zero-order valence-electron chi connectivity index (χ0n) is 11.6. The average Bonchev–Trinajstić information content (AvgIpc) is 3.31. The Kier molecular flexibility index (Phi) is 4.27. The Morgan fingerprint density at radius 2 is 1.90 bits per heavy atom. The van der Waals surface area contributed by atoms with Crippen LogP contribution in [-0.2, 0) is 11.3 Å². The van der Waals surface area contributed by atoms with Gasteiger partial charge in [-0.05, 0) is 37.3 Å². The first-order chi connectivity index (χ1) is 9.74. The van der Waals surface area contributed by atoms with E-state index in [1.54, 1.807) is 0 Å². The monoisotopic (exact) mass is 292 g/mol. The van der Waals surface area contributed by atoms with Crippen molar-refractivity contribution in [3.8, 4) is 0 Å². The number of carbonyl (C=O) groups excluding carboxylic acids is 1. The van der Waals surface area contributed by atoms with Crippen LogP contribution in [0.15, 0.2) is 24.3 Å². The number of nitrogens with zero attached hydrogens (tertiary/aromatic N) is 1. The Hall–Kier alpha value is -1.06. The second-order valence-corrected chi connectivity index (χ2v) is 6.25. The van der Waals surface area contributed by atoms with E-state index in [0.717, 1.165) is 55.9 Å². The van der Waals surface area contributed by atoms with Crippen molar-refractivity contribution in [3.05, 3.63) is 34.9 Å². The fraction of sp³-hybridized carbons (Fsp3) is 0.562. The summed E-state index contributed by atoms with van der Waals surface area (Å²) in [4.78, 5) is 14.0. The predicted octanol–water partition coefficient (Wildman–Crippen LogP) is 2.83. The van der Waals surface area contributed by atoms with Gasteiger partial charge in [0.25, 0.3) is 0 Å². The lowest BCUT2D eigenvalue weighted by Gasteiger charge is -2.32. The van der Waals surface area contributed by atoms with Crippen LogP contribution in [0.1, 0.15) is 31.2 Å². The molecule has 108 valence electrons. The van der Waals surface area contributed by atoms with Gasteiger partial charge < -0.3 is 10.2 Å². The van der Waals surface area contributed by atoms with Crippen LogP contribution in [0, 0.1) is 5.92 Å².